The second-order valence-electron chi connectivity index (χ2n) is 6.32. The summed E-state index contributed by atoms with van der Waals surface area (Å²) in [7, 11) is -3.67. The van der Waals surface area contributed by atoms with Crippen LogP contribution >= 0.6 is 0 Å². The Morgan fingerprint density at radius 1 is 1.18 bits per heavy atom. The van der Waals surface area contributed by atoms with E-state index in [1.54, 1.807) is 6.92 Å². The van der Waals surface area contributed by atoms with E-state index in [0.717, 1.165) is 11.8 Å². The summed E-state index contributed by atoms with van der Waals surface area (Å²) in [5.41, 5.74) is 0.828. The van der Waals surface area contributed by atoms with Crippen molar-refractivity contribution in [3.8, 4) is 0 Å². The SMILES string of the molecule is CCOC(=O)COCC1CC(OS(C)(=O)=O)CN1C(=O)OCc1ccccc1. The maximum Gasteiger partial charge on any atom is 0.410 e. The molecule has 1 fully saturated rings. The van der Waals surface area contributed by atoms with Gasteiger partial charge in [-0.1, -0.05) is 30.3 Å². The highest BCUT2D eigenvalue weighted by Crippen LogP contribution is 2.23. The number of hydrogen-bond donors (Lipinski definition) is 0. The van der Waals surface area contributed by atoms with Gasteiger partial charge in [0.1, 0.15) is 13.2 Å². The van der Waals surface area contributed by atoms with Crippen LogP contribution in [-0.4, -0.2) is 70.1 Å². The van der Waals surface area contributed by atoms with E-state index >= 15 is 0 Å². The summed E-state index contributed by atoms with van der Waals surface area (Å²) in [5, 5.41) is 0. The second-order valence-corrected chi connectivity index (χ2v) is 7.93. The van der Waals surface area contributed by atoms with Crippen molar-refractivity contribution < 1.29 is 36.4 Å². The molecule has 1 saturated heterocycles. The van der Waals surface area contributed by atoms with Crippen LogP contribution in [0.3, 0.4) is 0 Å². The molecule has 0 aromatic heterocycles. The molecule has 2 rings (SSSR count). The maximum atomic E-state index is 12.5. The highest BCUT2D eigenvalue weighted by atomic mass is 32.2. The van der Waals surface area contributed by atoms with Gasteiger partial charge in [-0.15, -0.1) is 0 Å². The molecule has 156 valence electrons. The number of carbonyl (C=O) groups excluding carboxylic acids is 2. The van der Waals surface area contributed by atoms with E-state index in [9.17, 15) is 18.0 Å². The van der Waals surface area contributed by atoms with E-state index < -0.39 is 34.3 Å². The van der Waals surface area contributed by atoms with Gasteiger partial charge in [-0.3, -0.25) is 4.18 Å². The molecular weight excluding hydrogens is 390 g/mol. The molecule has 1 aliphatic heterocycles. The van der Waals surface area contributed by atoms with Gasteiger partial charge in [-0.05, 0) is 18.9 Å². The molecule has 1 heterocycles. The average molecular weight is 415 g/mol. The number of amides is 1. The van der Waals surface area contributed by atoms with Gasteiger partial charge in [0.25, 0.3) is 10.1 Å². The summed E-state index contributed by atoms with van der Waals surface area (Å²) >= 11 is 0. The molecule has 0 radical (unpaired) electrons. The summed E-state index contributed by atoms with van der Waals surface area (Å²) in [6, 6.07) is 8.70. The average Bonchev–Trinajstić information content (AvgIpc) is 3.01. The van der Waals surface area contributed by atoms with Crippen molar-refractivity contribution in [2.75, 3.05) is 32.6 Å². The highest BCUT2D eigenvalue weighted by Gasteiger charge is 2.38. The normalized spacial score (nSPS) is 19.4. The Bertz CT molecular complexity index is 752. The van der Waals surface area contributed by atoms with Crippen molar-refractivity contribution in [2.45, 2.75) is 32.1 Å². The van der Waals surface area contributed by atoms with Crippen LogP contribution in [0.2, 0.25) is 0 Å². The first kappa shape index (κ1) is 22.1. The molecule has 10 heteroatoms. The van der Waals surface area contributed by atoms with E-state index in [-0.39, 0.29) is 39.4 Å². The number of ether oxygens (including phenoxy) is 3. The molecule has 0 N–H and O–H groups in total. The van der Waals surface area contributed by atoms with Crippen LogP contribution in [0.4, 0.5) is 4.79 Å². The Hall–Kier alpha value is -2.17. The zero-order valence-electron chi connectivity index (χ0n) is 15.9. The molecule has 1 amide bonds. The number of rotatable bonds is 9. The van der Waals surface area contributed by atoms with Gasteiger partial charge in [0, 0.05) is 0 Å². The second kappa shape index (κ2) is 10.4. The minimum atomic E-state index is -3.67. The van der Waals surface area contributed by atoms with Gasteiger partial charge in [-0.25, -0.2) is 9.59 Å². The van der Waals surface area contributed by atoms with Gasteiger partial charge in [-0.2, -0.15) is 8.42 Å². The molecule has 9 nitrogen and oxygen atoms in total. The topological polar surface area (TPSA) is 108 Å². The van der Waals surface area contributed by atoms with Crippen LogP contribution < -0.4 is 0 Å². The number of nitrogens with zero attached hydrogens (tertiary/aromatic N) is 1. The fourth-order valence-electron chi connectivity index (χ4n) is 2.86. The summed E-state index contributed by atoms with van der Waals surface area (Å²) in [6.45, 7) is 1.84. The van der Waals surface area contributed by atoms with Crippen molar-refractivity contribution in [1.29, 1.82) is 0 Å². The molecule has 1 aliphatic rings. The minimum absolute atomic E-state index is 0.0306. The van der Waals surface area contributed by atoms with E-state index in [4.69, 9.17) is 18.4 Å². The third-order valence-corrected chi connectivity index (χ3v) is 4.58. The van der Waals surface area contributed by atoms with Crippen molar-refractivity contribution in [1.82, 2.24) is 4.90 Å². The fourth-order valence-corrected chi connectivity index (χ4v) is 3.49. The smallest absolute Gasteiger partial charge is 0.410 e. The van der Waals surface area contributed by atoms with Crippen molar-refractivity contribution >= 4 is 22.2 Å². The van der Waals surface area contributed by atoms with Crippen LogP contribution in [0.15, 0.2) is 30.3 Å². The number of likely N-dealkylation sites (tertiary alicyclic amines) is 1. The molecule has 2 atom stereocenters. The van der Waals surface area contributed by atoms with Crippen LogP contribution in [-0.2, 0) is 39.9 Å². The van der Waals surface area contributed by atoms with Gasteiger partial charge < -0.3 is 19.1 Å². The summed E-state index contributed by atoms with van der Waals surface area (Å²) in [6.07, 6.45) is -0.102. The molecule has 0 saturated carbocycles. The molecule has 0 spiro atoms. The Morgan fingerprint density at radius 2 is 1.89 bits per heavy atom. The molecule has 28 heavy (non-hydrogen) atoms. The lowest BCUT2D eigenvalue weighted by molar-refractivity contribution is -0.148. The third-order valence-electron chi connectivity index (χ3n) is 3.96. The van der Waals surface area contributed by atoms with Crippen LogP contribution in [0.1, 0.15) is 18.9 Å². The quantitative estimate of drug-likeness (QED) is 0.439. The Balaban J connectivity index is 1.95. The first-order chi connectivity index (χ1) is 13.3. The molecule has 0 bridgehead atoms. The van der Waals surface area contributed by atoms with Gasteiger partial charge in [0.05, 0.1) is 38.2 Å². The molecule has 1 aromatic rings. The van der Waals surface area contributed by atoms with E-state index in [1.165, 1.54) is 4.90 Å². The monoisotopic (exact) mass is 415 g/mol. The Kier molecular flexibility index (Phi) is 8.21. The standard InChI is InChI=1S/C18H25NO8S/c1-3-25-17(20)13-24-12-15-9-16(27-28(2,22)23)10-19(15)18(21)26-11-14-7-5-4-6-8-14/h4-8,15-16H,3,9-13H2,1-2H3. The van der Waals surface area contributed by atoms with E-state index in [1.807, 2.05) is 30.3 Å². The first-order valence-electron chi connectivity index (χ1n) is 8.87. The molecule has 1 aromatic carbocycles. The number of hydrogen-bond acceptors (Lipinski definition) is 8. The number of esters is 1. The lowest BCUT2D eigenvalue weighted by atomic mass is 10.2. The summed E-state index contributed by atoms with van der Waals surface area (Å²) < 4.78 is 43.3. The van der Waals surface area contributed by atoms with Crippen molar-refractivity contribution in [3.63, 3.8) is 0 Å². The molecular formula is C18H25NO8S. The van der Waals surface area contributed by atoms with Crippen LogP contribution in [0.25, 0.3) is 0 Å². The Morgan fingerprint density at radius 3 is 2.54 bits per heavy atom. The van der Waals surface area contributed by atoms with E-state index in [2.05, 4.69) is 0 Å². The van der Waals surface area contributed by atoms with Gasteiger partial charge >= 0.3 is 12.1 Å². The minimum Gasteiger partial charge on any atom is -0.464 e. The van der Waals surface area contributed by atoms with Crippen LogP contribution in [0.5, 0.6) is 0 Å². The molecule has 0 aliphatic carbocycles. The van der Waals surface area contributed by atoms with E-state index in [0.29, 0.717) is 0 Å². The van der Waals surface area contributed by atoms with Crippen LogP contribution in [0, 0.1) is 0 Å². The zero-order chi connectivity index (χ0) is 20.6. The highest BCUT2D eigenvalue weighted by molar-refractivity contribution is 7.86. The fraction of sp³-hybridized carbons (Fsp3) is 0.556. The first-order valence-corrected chi connectivity index (χ1v) is 10.7. The number of carbonyl (C=O) groups is 2. The lowest BCUT2D eigenvalue weighted by Crippen LogP contribution is -2.39. The predicted octanol–water partition coefficient (Wildman–Crippen LogP) is 1.32. The van der Waals surface area contributed by atoms with Gasteiger partial charge in [0.15, 0.2) is 0 Å². The largest absolute Gasteiger partial charge is 0.464 e. The predicted molar refractivity (Wildman–Crippen MR) is 98.9 cm³/mol. The summed E-state index contributed by atoms with van der Waals surface area (Å²) in [4.78, 5) is 25.2. The Labute approximate surface area is 164 Å². The summed E-state index contributed by atoms with van der Waals surface area (Å²) in [5.74, 6) is -0.511. The number of benzene rings is 1. The van der Waals surface area contributed by atoms with Gasteiger partial charge in [0.2, 0.25) is 0 Å². The third kappa shape index (κ3) is 7.45. The lowest BCUT2D eigenvalue weighted by Gasteiger charge is -2.23. The maximum absolute atomic E-state index is 12.5. The molecule has 2 unspecified atom stereocenters. The van der Waals surface area contributed by atoms with Crippen molar-refractivity contribution in [3.05, 3.63) is 35.9 Å². The van der Waals surface area contributed by atoms with Crippen molar-refractivity contribution in [2.24, 2.45) is 0 Å². The zero-order valence-corrected chi connectivity index (χ0v) is 16.7.